The zero-order valence-electron chi connectivity index (χ0n) is 15.4. The number of aromatic nitrogens is 2. The van der Waals surface area contributed by atoms with Gasteiger partial charge in [0, 0.05) is 29.5 Å². The summed E-state index contributed by atoms with van der Waals surface area (Å²) in [5.41, 5.74) is 2.05. The number of carbonyl (C=O) groups excluding carboxylic acids is 2. The van der Waals surface area contributed by atoms with Crippen molar-refractivity contribution < 1.29 is 9.59 Å². The number of nitrogens with one attached hydrogen (secondary N) is 1. The van der Waals surface area contributed by atoms with Gasteiger partial charge in [-0.2, -0.15) is 0 Å². The van der Waals surface area contributed by atoms with Crippen LogP contribution in [0.25, 0.3) is 0 Å². The molecule has 1 aliphatic heterocycles. The Morgan fingerprint density at radius 1 is 1.33 bits per heavy atom. The molecule has 1 amide bonds. The largest absolute Gasteiger partial charge is 0.325 e. The Bertz CT molecular complexity index is 938. The van der Waals surface area contributed by atoms with Crippen LogP contribution < -0.4 is 10.9 Å². The van der Waals surface area contributed by atoms with E-state index in [9.17, 15) is 14.4 Å². The molecule has 0 fully saturated rings. The third-order valence-electron chi connectivity index (χ3n) is 4.19. The molecule has 1 unspecified atom stereocenters. The quantitative estimate of drug-likeness (QED) is 0.453. The smallest absolute Gasteiger partial charge is 0.268 e. The predicted molar refractivity (Wildman–Crippen MR) is 109 cm³/mol. The predicted octanol–water partition coefficient (Wildman–Crippen LogP) is 3.23. The molecule has 6 nitrogen and oxygen atoms in total. The van der Waals surface area contributed by atoms with Crippen LogP contribution in [0.3, 0.4) is 0 Å². The molecule has 3 rings (SSSR count). The number of hydrogen-bond donors (Lipinski definition) is 1. The van der Waals surface area contributed by atoms with Crippen molar-refractivity contribution in [2.45, 2.75) is 49.0 Å². The number of carbonyl (C=O) groups is 2. The summed E-state index contributed by atoms with van der Waals surface area (Å²) < 4.78 is 1.63. The van der Waals surface area contributed by atoms with Gasteiger partial charge in [0.05, 0.1) is 16.3 Å². The number of nitrogens with zero attached hydrogens (tertiary/aromatic N) is 2. The highest BCUT2D eigenvalue weighted by molar-refractivity contribution is 8.00. The average molecular weight is 404 g/mol. The number of hydrogen-bond acceptors (Lipinski definition) is 6. The minimum absolute atomic E-state index is 0.0143. The van der Waals surface area contributed by atoms with Crippen LogP contribution in [0.1, 0.15) is 36.8 Å². The molecular formula is C19H21N3O3S2. The van der Waals surface area contributed by atoms with Crippen LogP contribution in [-0.2, 0) is 17.8 Å². The van der Waals surface area contributed by atoms with Gasteiger partial charge >= 0.3 is 0 Å². The monoisotopic (exact) mass is 403 g/mol. The van der Waals surface area contributed by atoms with E-state index >= 15 is 0 Å². The highest BCUT2D eigenvalue weighted by Crippen LogP contribution is 2.34. The Hall–Kier alpha value is -2.06. The number of anilines is 1. The maximum atomic E-state index is 12.6. The second-order valence-electron chi connectivity index (χ2n) is 6.32. The number of Topliss-reactive ketones (excluding diaryl/α,β-unsaturated/α-hetero) is 1. The summed E-state index contributed by atoms with van der Waals surface area (Å²) in [5, 5.41) is 3.73. The zero-order chi connectivity index (χ0) is 19.6. The van der Waals surface area contributed by atoms with Gasteiger partial charge in [-0.25, -0.2) is 4.98 Å². The van der Waals surface area contributed by atoms with Crippen LogP contribution in [0.15, 0.2) is 39.1 Å². The lowest BCUT2D eigenvalue weighted by Crippen LogP contribution is -2.25. The fourth-order valence-corrected chi connectivity index (χ4v) is 4.83. The molecule has 27 heavy (non-hydrogen) atoms. The number of fused-ring (bicyclic) bond motifs is 1. The van der Waals surface area contributed by atoms with Gasteiger partial charge in [0.25, 0.3) is 5.56 Å². The summed E-state index contributed by atoms with van der Waals surface area (Å²) in [6.45, 7) is 6.00. The molecule has 0 radical (unpaired) electrons. The molecule has 142 valence electrons. The maximum Gasteiger partial charge on any atom is 0.268 e. The van der Waals surface area contributed by atoms with Crippen LogP contribution in [0, 0.1) is 0 Å². The lowest BCUT2D eigenvalue weighted by molar-refractivity contribution is -0.113. The van der Waals surface area contributed by atoms with E-state index in [1.54, 1.807) is 40.6 Å². The molecule has 1 aliphatic rings. The molecule has 2 aromatic rings. The average Bonchev–Trinajstić information content (AvgIpc) is 3.01. The summed E-state index contributed by atoms with van der Waals surface area (Å²) in [4.78, 5) is 41.6. The lowest BCUT2D eigenvalue weighted by Gasteiger charge is -2.11. The van der Waals surface area contributed by atoms with E-state index in [2.05, 4.69) is 17.2 Å². The fraction of sp³-hybridized carbons (Fsp3) is 0.368. The first-order valence-electron chi connectivity index (χ1n) is 8.73. The second-order valence-corrected chi connectivity index (χ2v) is 8.71. The van der Waals surface area contributed by atoms with Gasteiger partial charge in [-0.3, -0.25) is 19.0 Å². The Labute approximate surface area is 166 Å². The highest BCUT2D eigenvalue weighted by Gasteiger charge is 2.26. The molecule has 1 N–H and O–H groups in total. The van der Waals surface area contributed by atoms with E-state index in [-0.39, 0.29) is 23.0 Å². The molecule has 0 saturated carbocycles. The van der Waals surface area contributed by atoms with Gasteiger partial charge in [0.1, 0.15) is 0 Å². The molecule has 1 atom stereocenters. The normalized spacial score (nSPS) is 15.4. The number of benzene rings is 1. The number of rotatable bonds is 6. The van der Waals surface area contributed by atoms with Gasteiger partial charge in [-0.1, -0.05) is 18.7 Å². The van der Waals surface area contributed by atoms with Gasteiger partial charge in [-0.15, -0.1) is 11.8 Å². The first-order valence-corrected chi connectivity index (χ1v) is 10.6. The molecule has 1 aromatic heterocycles. The van der Waals surface area contributed by atoms with Crippen molar-refractivity contribution in [3.8, 4) is 0 Å². The molecule has 0 spiro atoms. The van der Waals surface area contributed by atoms with Gasteiger partial charge in [0.15, 0.2) is 10.9 Å². The second kappa shape index (κ2) is 8.31. The molecule has 2 heterocycles. The molecule has 0 bridgehead atoms. The Kier molecular flexibility index (Phi) is 6.06. The van der Waals surface area contributed by atoms with E-state index in [1.165, 1.54) is 18.7 Å². The zero-order valence-corrected chi connectivity index (χ0v) is 17.1. The summed E-state index contributed by atoms with van der Waals surface area (Å²) in [5.74, 6) is -0.0468. The summed E-state index contributed by atoms with van der Waals surface area (Å²) in [6.07, 6.45) is 0.780. The minimum atomic E-state index is -0.185. The highest BCUT2D eigenvalue weighted by atomic mass is 32.2. The fourth-order valence-electron chi connectivity index (χ4n) is 2.84. The third kappa shape index (κ3) is 4.44. The maximum absolute atomic E-state index is 12.6. The molecule has 8 heteroatoms. The lowest BCUT2D eigenvalue weighted by atomic mass is 10.1. The Morgan fingerprint density at radius 3 is 2.67 bits per heavy atom. The van der Waals surface area contributed by atoms with Crippen molar-refractivity contribution in [1.82, 2.24) is 9.55 Å². The van der Waals surface area contributed by atoms with Gasteiger partial charge < -0.3 is 5.32 Å². The van der Waals surface area contributed by atoms with E-state index < -0.39 is 0 Å². The molecule has 0 saturated heterocycles. The van der Waals surface area contributed by atoms with Crippen molar-refractivity contribution in [1.29, 1.82) is 0 Å². The third-order valence-corrected chi connectivity index (χ3v) is 6.38. The van der Waals surface area contributed by atoms with Crippen molar-refractivity contribution in [3.63, 3.8) is 0 Å². The Balaban J connectivity index is 1.68. The first-order chi connectivity index (χ1) is 12.9. The SMILES string of the molecule is CCn1c(SCC(=O)Nc2ccc(C(C)=O)cc2)nc2c(c1=O)SC(C)C2. The van der Waals surface area contributed by atoms with E-state index in [4.69, 9.17) is 0 Å². The van der Waals surface area contributed by atoms with Crippen LogP contribution in [-0.4, -0.2) is 32.2 Å². The Morgan fingerprint density at radius 2 is 2.04 bits per heavy atom. The summed E-state index contributed by atoms with van der Waals surface area (Å²) in [6, 6.07) is 6.77. The minimum Gasteiger partial charge on any atom is -0.325 e. The van der Waals surface area contributed by atoms with Crippen molar-refractivity contribution in [2.75, 3.05) is 11.1 Å². The van der Waals surface area contributed by atoms with E-state index in [0.717, 1.165) is 17.0 Å². The number of amides is 1. The van der Waals surface area contributed by atoms with Crippen LogP contribution in [0.2, 0.25) is 0 Å². The van der Waals surface area contributed by atoms with Crippen molar-refractivity contribution in [3.05, 3.63) is 45.9 Å². The van der Waals surface area contributed by atoms with Crippen molar-refractivity contribution >= 4 is 40.9 Å². The van der Waals surface area contributed by atoms with Gasteiger partial charge in [0.2, 0.25) is 5.91 Å². The molecule has 1 aromatic carbocycles. The van der Waals surface area contributed by atoms with Crippen molar-refractivity contribution in [2.24, 2.45) is 0 Å². The molecular weight excluding hydrogens is 382 g/mol. The number of ketones is 1. The summed E-state index contributed by atoms with van der Waals surface area (Å²) in [7, 11) is 0. The first kappa shape index (κ1) is 19.7. The molecule has 0 aliphatic carbocycles. The van der Waals surface area contributed by atoms with Gasteiger partial charge in [-0.05, 0) is 38.1 Å². The van der Waals surface area contributed by atoms with Crippen LogP contribution in [0.5, 0.6) is 0 Å². The van der Waals surface area contributed by atoms with Crippen LogP contribution in [0.4, 0.5) is 5.69 Å². The number of thioether (sulfide) groups is 2. The summed E-state index contributed by atoms with van der Waals surface area (Å²) >= 11 is 2.84. The van der Waals surface area contributed by atoms with E-state index in [1.807, 2.05) is 6.92 Å². The van der Waals surface area contributed by atoms with E-state index in [0.29, 0.717) is 28.2 Å². The standard InChI is InChI=1S/C19H21N3O3S2/c1-4-22-18(25)17-15(9-11(2)27-17)21-19(22)26-10-16(24)20-14-7-5-13(6-8-14)12(3)23/h5-8,11H,4,9-10H2,1-3H3,(H,20,24). The topological polar surface area (TPSA) is 81.1 Å². The van der Waals surface area contributed by atoms with Crippen LogP contribution >= 0.6 is 23.5 Å².